The van der Waals surface area contributed by atoms with E-state index in [0.29, 0.717) is 23.4 Å². The summed E-state index contributed by atoms with van der Waals surface area (Å²) in [5.41, 5.74) is 1.95. The summed E-state index contributed by atoms with van der Waals surface area (Å²) in [5, 5.41) is 3.24. The molecule has 1 aromatic carbocycles. The van der Waals surface area contributed by atoms with Gasteiger partial charge in [-0.1, -0.05) is 6.07 Å². The van der Waals surface area contributed by atoms with E-state index in [1.165, 1.54) is 19.1 Å². The van der Waals surface area contributed by atoms with E-state index in [1.807, 2.05) is 26.2 Å². The summed E-state index contributed by atoms with van der Waals surface area (Å²) in [6.45, 7) is 5.11. The number of pyridine rings is 1. The lowest BCUT2D eigenvalue weighted by atomic mass is 10.1. The molecule has 0 unspecified atom stereocenters. The molecule has 204 valence electrons. The summed E-state index contributed by atoms with van der Waals surface area (Å²) >= 11 is 0. The number of sulfonamides is 1. The molecular formula is C26H39N5O5S. The Morgan fingerprint density at radius 3 is 2.22 bits per heavy atom. The van der Waals surface area contributed by atoms with Gasteiger partial charge in [-0.05, 0) is 62.8 Å². The van der Waals surface area contributed by atoms with Crippen molar-refractivity contribution in [3.8, 4) is 5.75 Å². The van der Waals surface area contributed by atoms with Gasteiger partial charge >= 0.3 is 0 Å². The Bertz CT molecular complexity index is 1160. The van der Waals surface area contributed by atoms with Crippen LogP contribution >= 0.6 is 0 Å². The van der Waals surface area contributed by atoms with Gasteiger partial charge in [0.25, 0.3) is 0 Å². The number of nitrogens with one attached hydrogen (secondary N) is 1. The molecule has 0 bridgehead atoms. The molecule has 10 nitrogen and oxygen atoms in total. The average Bonchev–Trinajstić information content (AvgIpc) is 2.82. The van der Waals surface area contributed by atoms with Gasteiger partial charge in [0.2, 0.25) is 15.9 Å². The zero-order valence-corrected chi connectivity index (χ0v) is 23.7. The van der Waals surface area contributed by atoms with Crippen molar-refractivity contribution in [3.63, 3.8) is 0 Å². The second-order valence-corrected chi connectivity index (χ2v) is 11.4. The monoisotopic (exact) mass is 533 g/mol. The van der Waals surface area contributed by atoms with E-state index in [4.69, 9.17) is 4.74 Å². The van der Waals surface area contributed by atoms with Gasteiger partial charge in [-0.2, -0.15) is 4.31 Å². The first-order valence-corrected chi connectivity index (χ1v) is 13.5. The number of carbonyl (C=O) groups excluding carboxylic acids is 2. The van der Waals surface area contributed by atoms with Gasteiger partial charge in [-0.3, -0.25) is 9.59 Å². The van der Waals surface area contributed by atoms with Gasteiger partial charge in [0.1, 0.15) is 17.4 Å². The molecule has 1 heterocycles. The smallest absolute Gasteiger partial charge is 0.243 e. The second-order valence-electron chi connectivity index (χ2n) is 9.42. The van der Waals surface area contributed by atoms with Crippen molar-refractivity contribution in [2.75, 3.05) is 60.3 Å². The number of aromatic nitrogens is 1. The van der Waals surface area contributed by atoms with Crippen LogP contribution in [-0.4, -0.2) is 94.1 Å². The highest BCUT2D eigenvalue weighted by Gasteiger charge is 2.27. The number of hydrogen-bond acceptors (Lipinski definition) is 8. The lowest BCUT2D eigenvalue weighted by Gasteiger charge is -2.20. The topological polar surface area (TPSA) is 112 Å². The van der Waals surface area contributed by atoms with Crippen LogP contribution in [0, 0.1) is 13.8 Å². The minimum atomic E-state index is -3.88. The van der Waals surface area contributed by atoms with Crippen molar-refractivity contribution in [1.29, 1.82) is 0 Å². The highest BCUT2D eigenvalue weighted by molar-refractivity contribution is 7.89. The summed E-state index contributed by atoms with van der Waals surface area (Å²) in [5.74, 6) is 0.809. The molecule has 0 radical (unpaired) electrons. The van der Waals surface area contributed by atoms with E-state index >= 15 is 0 Å². The number of carbonyl (C=O) groups is 2. The molecular weight excluding hydrogens is 494 g/mol. The number of Topliss-reactive ketones (excluding diaryl/α,β-unsaturated/α-hetero) is 1. The van der Waals surface area contributed by atoms with Crippen LogP contribution in [-0.2, 0) is 26.2 Å². The average molecular weight is 534 g/mol. The Morgan fingerprint density at radius 2 is 1.68 bits per heavy atom. The fourth-order valence-electron chi connectivity index (χ4n) is 3.83. The van der Waals surface area contributed by atoms with E-state index in [0.717, 1.165) is 28.8 Å². The van der Waals surface area contributed by atoms with E-state index in [1.54, 1.807) is 39.2 Å². The van der Waals surface area contributed by atoms with Crippen molar-refractivity contribution in [3.05, 3.63) is 47.2 Å². The number of ether oxygens (including phenoxy) is 1. The van der Waals surface area contributed by atoms with Crippen LogP contribution in [0.25, 0.3) is 0 Å². The molecule has 11 heteroatoms. The Hall–Kier alpha value is -3.02. The normalized spacial score (nSPS) is 11.6. The summed E-state index contributed by atoms with van der Waals surface area (Å²) < 4.78 is 32.5. The maximum absolute atomic E-state index is 13.1. The first-order chi connectivity index (χ1) is 17.3. The highest BCUT2D eigenvalue weighted by atomic mass is 32.2. The van der Waals surface area contributed by atoms with Crippen LogP contribution in [0.1, 0.15) is 29.5 Å². The van der Waals surface area contributed by atoms with Gasteiger partial charge in [0, 0.05) is 52.8 Å². The van der Waals surface area contributed by atoms with Gasteiger partial charge in [0.15, 0.2) is 0 Å². The van der Waals surface area contributed by atoms with Gasteiger partial charge in [-0.15, -0.1) is 0 Å². The number of aryl methyl sites for hydroxylation is 2. The van der Waals surface area contributed by atoms with Crippen molar-refractivity contribution >= 4 is 27.5 Å². The zero-order valence-electron chi connectivity index (χ0n) is 22.9. The quantitative estimate of drug-likeness (QED) is 0.394. The van der Waals surface area contributed by atoms with Crippen molar-refractivity contribution in [1.82, 2.24) is 19.1 Å². The molecule has 2 aromatic rings. The molecule has 0 atom stereocenters. The highest BCUT2D eigenvalue weighted by Crippen LogP contribution is 2.27. The van der Waals surface area contributed by atoms with Crippen molar-refractivity contribution < 1.29 is 22.7 Å². The predicted molar refractivity (Wildman–Crippen MR) is 144 cm³/mol. The molecule has 1 aromatic heterocycles. The molecule has 1 N–H and O–H groups in total. The molecule has 2 rings (SSSR count). The fraction of sp³-hybridized carbons (Fsp3) is 0.500. The lowest BCUT2D eigenvalue weighted by Crippen LogP contribution is -2.34. The summed E-state index contributed by atoms with van der Waals surface area (Å²) in [7, 11) is 4.68. The number of nitrogens with zero attached hydrogens (tertiary/aromatic N) is 4. The third kappa shape index (κ3) is 8.80. The Kier molecular flexibility index (Phi) is 11.0. The summed E-state index contributed by atoms with van der Waals surface area (Å²) in [6, 6.07) is 7.07. The van der Waals surface area contributed by atoms with Crippen LogP contribution < -0.4 is 10.1 Å². The number of methoxy groups -OCH3 is 1. The molecule has 0 aliphatic heterocycles. The largest absolute Gasteiger partial charge is 0.497 e. The predicted octanol–water partition coefficient (Wildman–Crippen LogP) is 2.31. The van der Waals surface area contributed by atoms with Crippen LogP contribution in [0.5, 0.6) is 5.75 Å². The van der Waals surface area contributed by atoms with E-state index in [9.17, 15) is 18.0 Å². The zero-order chi connectivity index (χ0) is 27.8. The number of anilines is 1. The molecule has 0 aliphatic rings. The van der Waals surface area contributed by atoms with Crippen LogP contribution in [0.2, 0.25) is 0 Å². The first kappa shape index (κ1) is 30.2. The number of hydrogen-bond donors (Lipinski definition) is 1. The molecule has 1 amide bonds. The third-order valence-corrected chi connectivity index (χ3v) is 8.00. The first-order valence-electron chi connectivity index (χ1n) is 12.1. The Balaban J connectivity index is 1.87. The van der Waals surface area contributed by atoms with Crippen molar-refractivity contribution in [2.24, 2.45) is 0 Å². The van der Waals surface area contributed by atoms with E-state index in [-0.39, 0.29) is 36.0 Å². The SMILES string of the molecule is COc1cc(C)c(S(=O)(=O)N(C)CC(=O)CCC(=O)N(C)Cc2ccc(NCCN(C)C)nc2)c(C)c1. The standard InChI is InChI=1S/C26H39N5O5S/c1-19-14-23(36-7)15-20(2)26(19)37(34,35)31(6)18-22(32)9-11-25(33)30(5)17-21-8-10-24(28-16-21)27-12-13-29(3)4/h8,10,14-16H,9,11-13,17-18H2,1-7H3,(H,27,28). The van der Waals surface area contributed by atoms with Crippen LogP contribution in [0.4, 0.5) is 5.82 Å². The number of ketones is 1. The molecule has 37 heavy (non-hydrogen) atoms. The van der Waals surface area contributed by atoms with E-state index < -0.39 is 10.0 Å². The molecule has 0 spiro atoms. The molecule has 0 fully saturated rings. The third-order valence-electron chi connectivity index (χ3n) is 5.89. The maximum atomic E-state index is 13.1. The maximum Gasteiger partial charge on any atom is 0.243 e. The van der Waals surface area contributed by atoms with Gasteiger partial charge in [-0.25, -0.2) is 13.4 Å². The number of benzene rings is 1. The van der Waals surface area contributed by atoms with Crippen molar-refractivity contribution in [2.45, 2.75) is 38.1 Å². The number of likely N-dealkylation sites (N-methyl/N-ethyl adjacent to an activating group) is 2. The number of rotatable bonds is 14. The van der Waals surface area contributed by atoms with E-state index in [2.05, 4.69) is 15.2 Å². The Labute approximate surface area is 220 Å². The fourth-order valence-corrected chi connectivity index (χ4v) is 5.39. The molecule has 0 aliphatic carbocycles. The lowest BCUT2D eigenvalue weighted by molar-refractivity contribution is -0.132. The Morgan fingerprint density at radius 1 is 1.03 bits per heavy atom. The minimum absolute atomic E-state index is 0.00140. The summed E-state index contributed by atoms with van der Waals surface area (Å²) in [6.07, 6.45) is 1.67. The van der Waals surface area contributed by atoms with Crippen LogP contribution in [0.15, 0.2) is 35.4 Å². The van der Waals surface area contributed by atoms with Crippen LogP contribution in [0.3, 0.4) is 0 Å². The second kappa shape index (κ2) is 13.5. The molecule has 0 saturated carbocycles. The van der Waals surface area contributed by atoms with Gasteiger partial charge < -0.3 is 19.9 Å². The van der Waals surface area contributed by atoms with Gasteiger partial charge in [0.05, 0.1) is 18.6 Å². The minimum Gasteiger partial charge on any atom is -0.497 e. The summed E-state index contributed by atoms with van der Waals surface area (Å²) in [4.78, 5) is 33.3. The molecule has 0 saturated heterocycles. The number of amides is 1.